The van der Waals surface area contributed by atoms with E-state index >= 15 is 0 Å². The van der Waals surface area contributed by atoms with E-state index in [2.05, 4.69) is 62.0 Å². The van der Waals surface area contributed by atoms with Gasteiger partial charge in [-0.05, 0) is 86.6 Å². The number of hydrogen-bond donors (Lipinski definition) is 3. The van der Waals surface area contributed by atoms with E-state index in [1.54, 1.807) is 6.21 Å². The number of nitrogens with two attached hydrogens (primary N) is 1. The number of nitriles is 1. The SMILES string of the molecule is COC(=O)NCC1CC(Nc2cc(C3=CC=C4C=C(C#N)C=NC4CC3)ncc2C2=CC(C#CC3CCC(N)CC3)N=N2)C1. The first-order valence-electron chi connectivity index (χ1n) is 15.5. The van der Waals surface area contributed by atoms with Gasteiger partial charge in [0, 0.05) is 48.2 Å². The van der Waals surface area contributed by atoms with Gasteiger partial charge in [-0.25, -0.2) is 4.79 Å². The summed E-state index contributed by atoms with van der Waals surface area (Å²) in [6.07, 6.45) is 18.9. The van der Waals surface area contributed by atoms with E-state index in [-0.39, 0.29) is 18.1 Å². The molecule has 226 valence electrons. The summed E-state index contributed by atoms with van der Waals surface area (Å²) in [5.41, 5.74) is 12.3. The van der Waals surface area contributed by atoms with Crippen LogP contribution in [0.1, 0.15) is 62.6 Å². The molecule has 2 aliphatic heterocycles. The molecule has 0 aromatic carbocycles. The summed E-state index contributed by atoms with van der Waals surface area (Å²) in [6, 6.07) is 4.64. The van der Waals surface area contributed by atoms with Crippen LogP contribution in [0.25, 0.3) is 11.3 Å². The Bertz CT molecular complexity index is 1570. The number of pyridine rings is 1. The molecule has 6 rings (SSSR count). The molecule has 3 heterocycles. The summed E-state index contributed by atoms with van der Waals surface area (Å²) in [4.78, 5) is 21.0. The van der Waals surface area contributed by atoms with Crippen LogP contribution >= 0.6 is 0 Å². The Morgan fingerprint density at radius 3 is 2.80 bits per heavy atom. The van der Waals surface area contributed by atoms with E-state index in [4.69, 9.17) is 15.5 Å². The van der Waals surface area contributed by atoms with Gasteiger partial charge >= 0.3 is 6.09 Å². The monoisotopic (exact) mass is 590 g/mol. The summed E-state index contributed by atoms with van der Waals surface area (Å²) in [5, 5.41) is 24.8. The van der Waals surface area contributed by atoms with Crippen LogP contribution in [-0.4, -0.2) is 55.1 Å². The van der Waals surface area contributed by atoms with E-state index in [1.807, 2.05) is 18.3 Å². The molecule has 4 N–H and O–H groups in total. The third kappa shape index (κ3) is 6.98. The minimum Gasteiger partial charge on any atom is -0.453 e. The fraction of sp³-hybridized carbons (Fsp3) is 0.471. The van der Waals surface area contributed by atoms with Crippen molar-refractivity contribution >= 4 is 29.3 Å². The predicted molar refractivity (Wildman–Crippen MR) is 170 cm³/mol. The van der Waals surface area contributed by atoms with Crippen LogP contribution in [0.3, 0.4) is 0 Å². The Morgan fingerprint density at radius 1 is 1.16 bits per heavy atom. The normalized spacial score (nSPS) is 28.8. The summed E-state index contributed by atoms with van der Waals surface area (Å²) in [6.45, 7) is 0.596. The van der Waals surface area contributed by atoms with Crippen LogP contribution in [0.4, 0.5) is 10.5 Å². The lowest BCUT2D eigenvalue weighted by molar-refractivity contribution is 0.164. The number of nitrogens with one attached hydrogen (secondary N) is 2. The highest BCUT2D eigenvalue weighted by Gasteiger charge is 2.31. The number of fused-ring (bicyclic) bond motifs is 1. The van der Waals surface area contributed by atoms with Gasteiger partial charge in [-0.2, -0.15) is 15.5 Å². The van der Waals surface area contributed by atoms with Gasteiger partial charge in [-0.15, -0.1) is 0 Å². The highest BCUT2D eigenvalue weighted by molar-refractivity contribution is 5.87. The van der Waals surface area contributed by atoms with Crippen LogP contribution in [-0.2, 0) is 4.74 Å². The number of carbonyl (C=O) groups excluding carboxylic acids is 1. The van der Waals surface area contributed by atoms with Crippen molar-refractivity contribution in [3.8, 4) is 17.9 Å². The molecule has 0 bridgehead atoms. The number of carbonyl (C=O) groups is 1. The molecule has 1 aromatic heterocycles. The zero-order chi connectivity index (χ0) is 30.5. The van der Waals surface area contributed by atoms with Gasteiger partial charge in [0.25, 0.3) is 0 Å². The number of nitrogens with zero attached hydrogens (tertiary/aromatic N) is 5. The Labute approximate surface area is 258 Å². The number of alkyl carbamates (subject to hydrolysis) is 1. The average Bonchev–Trinajstić information content (AvgIpc) is 3.40. The van der Waals surface area contributed by atoms with E-state index in [1.165, 1.54) is 7.11 Å². The molecule has 2 fully saturated rings. The number of aliphatic imine (C=N–C) groups is 1. The van der Waals surface area contributed by atoms with Crippen molar-refractivity contribution in [1.29, 1.82) is 5.26 Å². The van der Waals surface area contributed by atoms with Crippen molar-refractivity contribution in [2.24, 2.45) is 32.8 Å². The predicted octanol–water partition coefficient (Wildman–Crippen LogP) is 5.33. The highest BCUT2D eigenvalue weighted by Crippen LogP contribution is 2.37. The fourth-order valence-electron chi connectivity index (χ4n) is 6.33. The maximum absolute atomic E-state index is 11.5. The standard InChI is InChI=1S/C34H38N8O2/c1-44-34(43)39-18-22-13-28(14-22)40-32-16-31(24-5-6-25-12-23(17-35)19-37-30(25)11-7-24)38-20-29(32)33-15-27(41-42-33)10-4-21-2-8-26(36)9-3-21/h5-6,12,15-16,19-22,26-28,30H,2-3,7-9,11,13-14,18,36H2,1H3,(H,38,40)(H,39,43). The number of methoxy groups -OCH3 is 1. The smallest absolute Gasteiger partial charge is 0.406 e. The Kier molecular flexibility index (Phi) is 8.99. The number of aromatic nitrogens is 1. The second kappa shape index (κ2) is 13.4. The Balaban J connectivity index is 1.21. The number of dihydropyridines is 1. The number of hydrogen-bond acceptors (Lipinski definition) is 9. The molecular weight excluding hydrogens is 552 g/mol. The van der Waals surface area contributed by atoms with Crippen LogP contribution in [0.2, 0.25) is 0 Å². The third-order valence-corrected chi connectivity index (χ3v) is 9.03. The highest BCUT2D eigenvalue weighted by atomic mass is 16.5. The molecule has 2 unspecified atom stereocenters. The summed E-state index contributed by atoms with van der Waals surface area (Å²) in [7, 11) is 1.38. The molecular formula is C34H38N8O2. The van der Waals surface area contributed by atoms with Crippen LogP contribution < -0.4 is 16.4 Å². The average molecular weight is 591 g/mol. The Morgan fingerprint density at radius 2 is 2.00 bits per heavy atom. The van der Waals surface area contributed by atoms with Crippen LogP contribution in [0.5, 0.6) is 0 Å². The first kappa shape index (κ1) is 29.5. The third-order valence-electron chi connectivity index (χ3n) is 9.03. The molecule has 0 spiro atoms. The maximum Gasteiger partial charge on any atom is 0.406 e. The number of anilines is 1. The Hall–Kier alpha value is -4.54. The number of rotatable bonds is 6. The lowest BCUT2D eigenvalue weighted by Crippen LogP contribution is -2.42. The van der Waals surface area contributed by atoms with Gasteiger partial charge in [-0.1, -0.05) is 24.0 Å². The number of allylic oxidation sites excluding steroid dienone is 4. The second-order valence-corrected chi connectivity index (χ2v) is 12.2. The molecule has 2 atom stereocenters. The minimum atomic E-state index is -0.401. The first-order chi connectivity index (χ1) is 21.5. The number of amides is 1. The summed E-state index contributed by atoms with van der Waals surface area (Å²) >= 11 is 0. The molecule has 5 aliphatic rings. The van der Waals surface area contributed by atoms with Gasteiger partial charge < -0.3 is 21.1 Å². The maximum atomic E-state index is 11.5. The lowest BCUT2D eigenvalue weighted by atomic mass is 9.80. The van der Waals surface area contributed by atoms with Crippen molar-refractivity contribution < 1.29 is 9.53 Å². The largest absolute Gasteiger partial charge is 0.453 e. The van der Waals surface area contributed by atoms with Crippen LogP contribution in [0.15, 0.2) is 62.9 Å². The molecule has 10 heteroatoms. The number of ether oxygens (including phenoxy) is 1. The van der Waals surface area contributed by atoms with Crippen LogP contribution in [0, 0.1) is 35.0 Å². The second-order valence-electron chi connectivity index (χ2n) is 12.2. The van der Waals surface area contributed by atoms with Gasteiger partial charge in [0.05, 0.1) is 30.1 Å². The van der Waals surface area contributed by atoms with Crippen molar-refractivity contribution in [1.82, 2.24) is 10.3 Å². The van der Waals surface area contributed by atoms with Crippen molar-refractivity contribution in [2.45, 2.75) is 75.5 Å². The quantitative estimate of drug-likeness (QED) is 0.381. The fourth-order valence-corrected chi connectivity index (χ4v) is 6.33. The van der Waals surface area contributed by atoms with E-state index < -0.39 is 6.09 Å². The van der Waals surface area contributed by atoms with E-state index in [0.29, 0.717) is 30.0 Å². The van der Waals surface area contributed by atoms with Gasteiger partial charge in [0.15, 0.2) is 6.04 Å². The van der Waals surface area contributed by atoms with Crippen molar-refractivity contribution in [2.75, 3.05) is 19.0 Å². The molecule has 2 saturated carbocycles. The van der Waals surface area contributed by atoms with Gasteiger partial charge in [0.2, 0.25) is 0 Å². The lowest BCUT2D eigenvalue weighted by Gasteiger charge is -2.37. The first-order valence-corrected chi connectivity index (χ1v) is 15.5. The molecule has 0 radical (unpaired) electrons. The van der Waals surface area contributed by atoms with E-state index in [0.717, 1.165) is 85.2 Å². The zero-order valence-electron chi connectivity index (χ0n) is 25.0. The molecule has 10 nitrogen and oxygen atoms in total. The van der Waals surface area contributed by atoms with Gasteiger partial charge in [-0.3, -0.25) is 9.98 Å². The summed E-state index contributed by atoms with van der Waals surface area (Å²) in [5.74, 6) is 7.50. The zero-order valence-corrected chi connectivity index (χ0v) is 25.0. The van der Waals surface area contributed by atoms with Crippen molar-refractivity contribution in [3.63, 3.8) is 0 Å². The number of azo groups is 1. The van der Waals surface area contributed by atoms with E-state index in [9.17, 15) is 10.1 Å². The van der Waals surface area contributed by atoms with Crippen molar-refractivity contribution in [3.05, 3.63) is 59.0 Å². The molecule has 1 aromatic rings. The molecule has 0 saturated heterocycles. The molecule has 44 heavy (non-hydrogen) atoms. The topological polar surface area (TPSA) is 150 Å². The molecule has 1 amide bonds. The molecule has 3 aliphatic carbocycles. The van der Waals surface area contributed by atoms with Gasteiger partial charge in [0.1, 0.15) is 6.07 Å². The summed E-state index contributed by atoms with van der Waals surface area (Å²) < 4.78 is 4.70. The minimum absolute atomic E-state index is 0.0515.